The molecule has 4 fully saturated rings. The van der Waals surface area contributed by atoms with Gasteiger partial charge in [-0.1, -0.05) is 48.5 Å². The molecule has 4 aromatic carbocycles. The summed E-state index contributed by atoms with van der Waals surface area (Å²) in [6.07, 6.45) is 7.54. The van der Waals surface area contributed by atoms with Crippen LogP contribution in [0.3, 0.4) is 0 Å². The number of nitrogens with zero attached hydrogens (tertiary/aromatic N) is 6. The van der Waals surface area contributed by atoms with Crippen LogP contribution in [0.25, 0.3) is 90.9 Å². The minimum atomic E-state index is -3.85. The molecule has 434 valence electrons. The summed E-state index contributed by atoms with van der Waals surface area (Å²) in [5, 5.41) is 0. The monoisotopic (exact) mass is 1210 g/mol. The van der Waals surface area contributed by atoms with Crippen LogP contribution in [0, 0.1) is 0 Å². The van der Waals surface area contributed by atoms with Gasteiger partial charge in [-0.15, -0.1) is 0 Å². The Kier molecular flexibility index (Phi) is 15.2. The van der Waals surface area contributed by atoms with E-state index in [0.29, 0.717) is 142 Å². The molecule has 6 aliphatic rings. The highest BCUT2D eigenvalue weighted by Gasteiger charge is 2.31. The predicted octanol–water partition coefficient (Wildman–Crippen LogP) is 7.41. The first-order valence-corrected chi connectivity index (χ1v) is 33.3. The lowest BCUT2D eigenvalue weighted by molar-refractivity contribution is 0.0730. The average Bonchev–Trinajstić information content (AvgIpc) is 4.56. The van der Waals surface area contributed by atoms with Crippen molar-refractivity contribution in [2.24, 2.45) is 0 Å². The molecule has 8 bridgehead atoms. The molecule has 0 atom stereocenters. The number of hydrogen-bond acceptors (Lipinski definition) is 14. The molecule has 0 spiro atoms. The van der Waals surface area contributed by atoms with Crippen molar-refractivity contribution >= 4 is 86.5 Å². The largest absolute Gasteiger partial charge is 0.379 e. The maximum absolute atomic E-state index is 13.9. The maximum atomic E-state index is 13.9. The van der Waals surface area contributed by atoms with Crippen molar-refractivity contribution in [2.45, 2.75) is 19.6 Å². The molecule has 7 aromatic rings. The zero-order valence-electron chi connectivity index (χ0n) is 45.4. The molecule has 0 radical (unpaired) electrons. The molecular formula is C60H58N8O12S4. The van der Waals surface area contributed by atoms with Gasteiger partial charge in [0.2, 0.25) is 40.1 Å². The van der Waals surface area contributed by atoms with Crippen LogP contribution in [0.5, 0.6) is 0 Å². The molecule has 20 nitrogen and oxygen atoms in total. The fraction of sp³-hybridized carbons (Fsp3) is 0.267. The number of aromatic amines is 2. The molecule has 6 aliphatic heterocycles. The van der Waals surface area contributed by atoms with Gasteiger partial charge in [-0.05, 0) is 119 Å². The van der Waals surface area contributed by atoms with E-state index in [9.17, 15) is 33.7 Å². The smallest absolute Gasteiger partial charge is 0.243 e. The van der Waals surface area contributed by atoms with Gasteiger partial charge in [0, 0.05) is 96.7 Å². The van der Waals surface area contributed by atoms with Crippen molar-refractivity contribution in [3.8, 4) is 44.5 Å². The summed E-state index contributed by atoms with van der Waals surface area (Å²) >= 11 is 0. The van der Waals surface area contributed by atoms with E-state index in [-0.39, 0.29) is 71.9 Å². The Hall–Kier alpha value is -7.04. The quantitative estimate of drug-likeness (QED) is 0.121. The SMILES string of the molecule is O=S(=O)(c1ccc(-c2c3nc(c(-c4ccc(S(=O)(=O)N5CCOCC5)cc4)c4ccc([nH]4)c(-c4ccc(S(=O)(=O)N5CCOCC5)cc4)c4nc(c(-c5ccc(S(=O)(=O)N6CCOCC6)cc5)c5ccc2[nH]5)C=C4)C=C3)cc1)N1CCOCC1. The van der Waals surface area contributed by atoms with Gasteiger partial charge in [0.25, 0.3) is 0 Å². The Balaban J connectivity index is 1.05. The third-order valence-corrected chi connectivity index (χ3v) is 23.4. The van der Waals surface area contributed by atoms with Crippen LogP contribution in [0.15, 0.2) is 141 Å². The molecule has 0 amide bonds. The Morgan fingerprint density at radius 3 is 0.667 bits per heavy atom. The van der Waals surface area contributed by atoms with Crippen molar-refractivity contribution in [3.05, 3.63) is 144 Å². The second-order valence-corrected chi connectivity index (χ2v) is 28.4. The highest BCUT2D eigenvalue weighted by molar-refractivity contribution is 7.90. The van der Waals surface area contributed by atoms with E-state index in [1.807, 2.05) is 48.6 Å². The summed E-state index contributed by atoms with van der Waals surface area (Å²) in [5.74, 6) is 0. The molecule has 0 unspecified atom stereocenters. The van der Waals surface area contributed by atoms with E-state index in [4.69, 9.17) is 28.9 Å². The van der Waals surface area contributed by atoms with Crippen LogP contribution in [-0.2, 0) is 59.0 Å². The average molecular weight is 1210 g/mol. The van der Waals surface area contributed by atoms with Gasteiger partial charge in [0.15, 0.2) is 0 Å². The number of benzene rings is 4. The van der Waals surface area contributed by atoms with Gasteiger partial charge < -0.3 is 28.9 Å². The summed E-state index contributed by atoms with van der Waals surface area (Å²) < 4.78 is 139. The van der Waals surface area contributed by atoms with Crippen LogP contribution in [-0.4, -0.2) is 176 Å². The highest BCUT2D eigenvalue weighted by Crippen LogP contribution is 2.40. The number of fused-ring (bicyclic) bond motifs is 8. The maximum Gasteiger partial charge on any atom is 0.243 e. The third-order valence-electron chi connectivity index (χ3n) is 15.8. The number of hydrogen-bond donors (Lipinski definition) is 2. The van der Waals surface area contributed by atoms with Gasteiger partial charge >= 0.3 is 0 Å². The van der Waals surface area contributed by atoms with Gasteiger partial charge in [0.1, 0.15) is 0 Å². The predicted molar refractivity (Wildman–Crippen MR) is 319 cm³/mol. The Labute approximate surface area is 486 Å². The summed E-state index contributed by atoms with van der Waals surface area (Å²) in [7, 11) is -15.4. The van der Waals surface area contributed by atoms with E-state index < -0.39 is 40.1 Å². The van der Waals surface area contributed by atoms with Crippen molar-refractivity contribution in [1.82, 2.24) is 37.2 Å². The van der Waals surface area contributed by atoms with E-state index in [1.54, 1.807) is 97.1 Å². The van der Waals surface area contributed by atoms with E-state index in [1.165, 1.54) is 17.2 Å². The molecule has 3 aromatic heterocycles. The second-order valence-electron chi connectivity index (χ2n) is 20.7. The number of sulfonamides is 4. The van der Waals surface area contributed by atoms with Crippen LogP contribution in [0.2, 0.25) is 0 Å². The van der Waals surface area contributed by atoms with E-state index >= 15 is 0 Å². The fourth-order valence-electron chi connectivity index (χ4n) is 11.3. The van der Waals surface area contributed by atoms with Crippen molar-refractivity contribution in [1.29, 1.82) is 0 Å². The fourth-order valence-corrected chi connectivity index (χ4v) is 17.0. The number of aromatic nitrogens is 4. The zero-order valence-corrected chi connectivity index (χ0v) is 48.7. The van der Waals surface area contributed by atoms with Gasteiger partial charge in [-0.3, -0.25) is 0 Å². The second kappa shape index (κ2) is 22.8. The molecule has 9 heterocycles. The van der Waals surface area contributed by atoms with Crippen molar-refractivity contribution in [2.75, 3.05) is 105 Å². The van der Waals surface area contributed by atoms with Crippen LogP contribution < -0.4 is 0 Å². The standard InChI is InChI=1S/C60H58N8O12S4/c69-81(70,65-25-33-77-34-26-65)45-9-1-41(2-10-45)57-49-17-19-51(61-49)58(42-3-11-46(12-4-42)82(71,72)66-27-35-78-36-28-66)53-21-23-55(63-53)60(44-7-15-48(16-8-44)84(75,76)68-31-39-80-40-32-68)56-24-22-54(64-56)59(52-20-18-50(57)62-52)43-5-13-47(14-6-43)83(73,74)67-29-37-79-38-30-67/h1-24,61,64H,25-40H2. The van der Waals surface area contributed by atoms with Crippen molar-refractivity contribution in [3.63, 3.8) is 0 Å². The van der Waals surface area contributed by atoms with Crippen LogP contribution >= 0.6 is 0 Å². The number of nitrogens with one attached hydrogen (secondary N) is 2. The molecule has 24 heteroatoms. The summed E-state index contributed by atoms with van der Waals surface area (Å²) in [5.41, 5.74) is 9.66. The van der Waals surface area contributed by atoms with E-state index in [0.717, 1.165) is 0 Å². The summed E-state index contributed by atoms with van der Waals surface area (Å²) in [6, 6.07) is 34.5. The summed E-state index contributed by atoms with van der Waals surface area (Å²) in [6.45, 7) is 4.27. The Morgan fingerprint density at radius 2 is 0.476 bits per heavy atom. The molecule has 2 N–H and O–H groups in total. The lowest BCUT2D eigenvalue weighted by Gasteiger charge is -2.26. The number of ether oxygens (including phenoxy) is 4. The summed E-state index contributed by atoms with van der Waals surface area (Å²) in [4.78, 5) is 18.6. The highest BCUT2D eigenvalue weighted by atomic mass is 32.2. The molecule has 4 saturated heterocycles. The minimum Gasteiger partial charge on any atom is -0.379 e. The first kappa shape index (κ1) is 56.1. The molecule has 84 heavy (non-hydrogen) atoms. The number of rotatable bonds is 12. The normalized spacial score (nSPS) is 18.1. The number of H-pyrrole nitrogens is 2. The first-order chi connectivity index (χ1) is 40.6. The molecular weight excluding hydrogens is 1150 g/mol. The topological polar surface area (TPSA) is 244 Å². The number of morpholine rings is 4. The molecule has 13 rings (SSSR count). The van der Waals surface area contributed by atoms with Gasteiger partial charge in [0.05, 0.1) is 95.2 Å². The van der Waals surface area contributed by atoms with Crippen LogP contribution in [0.4, 0.5) is 0 Å². The van der Waals surface area contributed by atoms with Crippen LogP contribution in [0.1, 0.15) is 22.8 Å². The first-order valence-electron chi connectivity index (χ1n) is 27.5. The van der Waals surface area contributed by atoms with Gasteiger partial charge in [-0.2, -0.15) is 17.2 Å². The van der Waals surface area contributed by atoms with E-state index in [2.05, 4.69) is 9.97 Å². The zero-order chi connectivity index (χ0) is 57.8. The lowest BCUT2D eigenvalue weighted by Crippen LogP contribution is -2.40. The minimum absolute atomic E-state index is 0.125. The molecule has 0 aliphatic carbocycles. The molecule has 0 saturated carbocycles. The Bertz CT molecular complexity index is 3840. The third kappa shape index (κ3) is 10.6. The Morgan fingerprint density at radius 1 is 0.286 bits per heavy atom. The van der Waals surface area contributed by atoms with Gasteiger partial charge in [-0.25, -0.2) is 43.6 Å². The lowest BCUT2D eigenvalue weighted by atomic mass is 10.0. The van der Waals surface area contributed by atoms with Crippen molar-refractivity contribution < 1.29 is 52.6 Å².